The van der Waals surface area contributed by atoms with Gasteiger partial charge in [0.15, 0.2) is 0 Å². The summed E-state index contributed by atoms with van der Waals surface area (Å²) < 4.78 is 0. The molecule has 0 unspecified atom stereocenters. The summed E-state index contributed by atoms with van der Waals surface area (Å²) in [5, 5.41) is 20.7. The Balaban J connectivity index is 2.25. The summed E-state index contributed by atoms with van der Waals surface area (Å²) in [6.45, 7) is 0. The maximum absolute atomic E-state index is 9.14. The van der Waals surface area contributed by atoms with Crippen molar-refractivity contribution in [1.29, 1.82) is 0 Å². The van der Waals surface area contributed by atoms with Gasteiger partial charge in [-0.25, -0.2) is 0 Å². The van der Waals surface area contributed by atoms with Gasteiger partial charge in [0.25, 0.3) is 5.91 Å². The molecule has 0 saturated carbocycles. The minimum atomic E-state index is -1.94. The molecule has 0 radical (unpaired) electrons. The molecule has 3 N–H and O–H groups in total. The molecule has 2 rings (SSSR count). The molecule has 1 aromatic heterocycles. The summed E-state index contributed by atoms with van der Waals surface area (Å²) in [6, 6.07) is 3.72. The van der Waals surface area contributed by atoms with Crippen molar-refractivity contribution in [3.05, 3.63) is 48.4 Å². The fraction of sp³-hybridized carbons (Fsp3) is 0.100. The van der Waals surface area contributed by atoms with Crippen molar-refractivity contribution < 1.29 is 10.2 Å². The van der Waals surface area contributed by atoms with Crippen LogP contribution < -0.4 is 5.32 Å². The fourth-order valence-corrected chi connectivity index (χ4v) is 1.20. The van der Waals surface area contributed by atoms with E-state index in [4.69, 9.17) is 10.2 Å². The number of aliphatic hydroxyl groups is 2. The predicted molar refractivity (Wildman–Crippen MR) is 51.7 cm³/mol. The zero-order valence-corrected chi connectivity index (χ0v) is 7.38. The Labute approximate surface area is 81.2 Å². The molecule has 0 aromatic carbocycles. The molecule has 0 amide bonds. The van der Waals surface area contributed by atoms with Crippen molar-refractivity contribution in [1.82, 2.24) is 10.3 Å². The first kappa shape index (κ1) is 8.93. The molecule has 0 fully saturated rings. The third-order valence-corrected chi connectivity index (χ3v) is 1.93. The minimum absolute atomic E-state index is 0.858. The Morgan fingerprint density at radius 3 is 2.79 bits per heavy atom. The van der Waals surface area contributed by atoms with Crippen LogP contribution in [0, 0.1) is 0 Å². The van der Waals surface area contributed by atoms with Gasteiger partial charge in [-0.15, -0.1) is 0 Å². The van der Waals surface area contributed by atoms with Crippen LogP contribution >= 0.6 is 0 Å². The lowest BCUT2D eigenvalue weighted by Crippen LogP contribution is -2.41. The van der Waals surface area contributed by atoms with Crippen LogP contribution in [0.2, 0.25) is 0 Å². The zero-order valence-electron chi connectivity index (χ0n) is 7.38. The molecule has 1 aromatic rings. The second kappa shape index (κ2) is 3.25. The van der Waals surface area contributed by atoms with Crippen molar-refractivity contribution in [2.45, 2.75) is 5.91 Å². The van der Waals surface area contributed by atoms with Crippen molar-refractivity contribution in [3.8, 4) is 0 Å². The molecule has 2 heterocycles. The van der Waals surface area contributed by atoms with E-state index in [0.29, 0.717) is 0 Å². The second-order valence-corrected chi connectivity index (χ2v) is 3.05. The number of hydrogen-bond acceptors (Lipinski definition) is 4. The monoisotopic (exact) mass is 190 g/mol. The Morgan fingerprint density at radius 1 is 1.36 bits per heavy atom. The van der Waals surface area contributed by atoms with Crippen LogP contribution in [0.3, 0.4) is 0 Å². The van der Waals surface area contributed by atoms with E-state index in [0.717, 1.165) is 11.1 Å². The molecule has 0 atom stereocenters. The number of hydrogen-bond donors (Lipinski definition) is 3. The third kappa shape index (κ3) is 1.81. The number of nitrogens with one attached hydrogen (secondary N) is 1. The molecular formula is C10H10N2O2. The van der Waals surface area contributed by atoms with Gasteiger partial charge in [-0.3, -0.25) is 4.98 Å². The lowest BCUT2D eigenvalue weighted by Gasteiger charge is -2.21. The summed E-state index contributed by atoms with van der Waals surface area (Å²) in [5.74, 6) is -1.94. The molecule has 0 bridgehead atoms. The van der Waals surface area contributed by atoms with Crippen LogP contribution in [0.25, 0.3) is 5.57 Å². The van der Waals surface area contributed by atoms with Gasteiger partial charge in [0.2, 0.25) is 0 Å². The van der Waals surface area contributed by atoms with E-state index in [2.05, 4.69) is 10.3 Å². The Bertz CT molecular complexity index is 382. The van der Waals surface area contributed by atoms with E-state index in [1.165, 1.54) is 12.3 Å². The smallest absolute Gasteiger partial charge is 0.265 e. The van der Waals surface area contributed by atoms with Crippen LogP contribution in [-0.4, -0.2) is 21.1 Å². The summed E-state index contributed by atoms with van der Waals surface area (Å²) in [7, 11) is 0. The van der Waals surface area contributed by atoms with Gasteiger partial charge >= 0.3 is 0 Å². The highest BCUT2D eigenvalue weighted by atomic mass is 16.5. The third-order valence-electron chi connectivity index (χ3n) is 1.93. The van der Waals surface area contributed by atoms with Crippen LogP contribution in [0.1, 0.15) is 5.56 Å². The molecule has 72 valence electrons. The van der Waals surface area contributed by atoms with E-state index in [1.54, 1.807) is 18.5 Å². The van der Waals surface area contributed by atoms with E-state index < -0.39 is 5.91 Å². The molecular weight excluding hydrogens is 180 g/mol. The van der Waals surface area contributed by atoms with Crippen LogP contribution in [0.15, 0.2) is 42.9 Å². The van der Waals surface area contributed by atoms with Crippen LogP contribution in [0.5, 0.6) is 0 Å². The normalized spacial score (nSPS) is 18.6. The summed E-state index contributed by atoms with van der Waals surface area (Å²) >= 11 is 0. The topological polar surface area (TPSA) is 65.4 Å². The van der Waals surface area contributed by atoms with E-state index in [1.807, 2.05) is 12.1 Å². The van der Waals surface area contributed by atoms with Crippen molar-refractivity contribution in [2.24, 2.45) is 0 Å². The SMILES string of the molecule is OC1(O)C=CC(c2cccnc2)=CN1. The average molecular weight is 190 g/mol. The average Bonchev–Trinajstić information content (AvgIpc) is 2.19. The first-order chi connectivity index (χ1) is 6.67. The first-order valence-corrected chi connectivity index (χ1v) is 4.20. The zero-order chi connectivity index (χ0) is 10.0. The van der Waals surface area contributed by atoms with Gasteiger partial charge in [0, 0.05) is 24.2 Å². The van der Waals surface area contributed by atoms with Gasteiger partial charge in [-0.05, 0) is 23.8 Å². The van der Waals surface area contributed by atoms with Gasteiger partial charge in [-0.2, -0.15) is 0 Å². The molecule has 1 aliphatic rings. The Morgan fingerprint density at radius 2 is 2.21 bits per heavy atom. The van der Waals surface area contributed by atoms with Gasteiger partial charge in [0.1, 0.15) is 0 Å². The molecule has 0 aliphatic carbocycles. The van der Waals surface area contributed by atoms with E-state index in [9.17, 15) is 0 Å². The van der Waals surface area contributed by atoms with Crippen LogP contribution in [0.4, 0.5) is 0 Å². The second-order valence-electron chi connectivity index (χ2n) is 3.05. The Kier molecular flexibility index (Phi) is 2.07. The van der Waals surface area contributed by atoms with Crippen molar-refractivity contribution >= 4 is 5.57 Å². The van der Waals surface area contributed by atoms with Gasteiger partial charge in [-0.1, -0.05) is 6.07 Å². The maximum atomic E-state index is 9.14. The number of allylic oxidation sites excluding steroid dienone is 2. The summed E-state index contributed by atoms with van der Waals surface area (Å²) in [5.41, 5.74) is 1.78. The number of nitrogens with zero attached hydrogens (tertiary/aromatic N) is 1. The van der Waals surface area contributed by atoms with Gasteiger partial charge < -0.3 is 15.5 Å². The number of aromatic nitrogens is 1. The quantitative estimate of drug-likeness (QED) is 0.554. The molecule has 4 nitrogen and oxygen atoms in total. The highest BCUT2D eigenvalue weighted by Gasteiger charge is 2.19. The van der Waals surface area contributed by atoms with Crippen LogP contribution in [-0.2, 0) is 0 Å². The fourth-order valence-electron chi connectivity index (χ4n) is 1.20. The number of pyridine rings is 1. The van der Waals surface area contributed by atoms with E-state index >= 15 is 0 Å². The summed E-state index contributed by atoms with van der Waals surface area (Å²) in [4.78, 5) is 3.97. The molecule has 0 saturated heterocycles. The molecule has 14 heavy (non-hydrogen) atoms. The minimum Gasteiger partial charge on any atom is -0.346 e. The highest BCUT2D eigenvalue weighted by molar-refractivity contribution is 5.74. The molecule has 4 heteroatoms. The standard InChI is InChI=1S/C10H10N2O2/c13-10(14)4-3-9(7-12-10)8-2-1-5-11-6-8/h1-7,12-14H. The summed E-state index contributed by atoms with van der Waals surface area (Å²) in [6.07, 6.45) is 7.84. The highest BCUT2D eigenvalue weighted by Crippen LogP contribution is 2.18. The number of dihydropyridines is 1. The molecule has 0 spiro atoms. The Hall–Kier alpha value is -1.65. The lowest BCUT2D eigenvalue weighted by molar-refractivity contribution is -0.134. The maximum Gasteiger partial charge on any atom is 0.265 e. The first-order valence-electron chi connectivity index (χ1n) is 4.20. The largest absolute Gasteiger partial charge is 0.346 e. The lowest BCUT2D eigenvalue weighted by atomic mass is 10.1. The number of rotatable bonds is 1. The predicted octanol–water partition coefficient (Wildman–Crippen LogP) is 0.220. The molecule has 1 aliphatic heterocycles. The van der Waals surface area contributed by atoms with Crippen molar-refractivity contribution in [3.63, 3.8) is 0 Å². The van der Waals surface area contributed by atoms with Gasteiger partial charge in [0.05, 0.1) is 0 Å². The van der Waals surface area contributed by atoms with E-state index in [-0.39, 0.29) is 0 Å². The van der Waals surface area contributed by atoms with Crippen molar-refractivity contribution in [2.75, 3.05) is 0 Å².